The molecule has 0 fully saturated rings. The van der Waals surface area contributed by atoms with E-state index in [0.29, 0.717) is 17.9 Å². The lowest BCUT2D eigenvalue weighted by molar-refractivity contribution is 0.0497. The van der Waals surface area contributed by atoms with E-state index in [9.17, 15) is 4.79 Å². The van der Waals surface area contributed by atoms with E-state index in [4.69, 9.17) is 10.5 Å². The summed E-state index contributed by atoms with van der Waals surface area (Å²) < 4.78 is 5.27. The van der Waals surface area contributed by atoms with Crippen LogP contribution >= 0.6 is 0 Å². The average Bonchev–Trinajstić information content (AvgIpc) is 2.33. The number of aryl methyl sites for hydroxylation is 1. The Kier molecular flexibility index (Phi) is 5.69. The van der Waals surface area contributed by atoms with Crippen LogP contribution in [0.1, 0.15) is 54.1 Å². The Morgan fingerprint density at radius 2 is 1.94 bits per heavy atom. The number of nitrogen functional groups attached to an aromatic ring is 1. The number of rotatable bonds is 6. The molecule has 1 aromatic carbocycles. The number of unbranched alkanes of at least 4 members (excludes halogenated alkanes) is 3. The zero-order valence-electron chi connectivity index (χ0n) is 11.6. The summed E-state index contributed by atoms with van der Waals surface area (Å²) in [7, 11) is 0. The third-order valence-corrected chi connectivity index (χ3v) is 3.14. The molecule has 3 heteroatoms. The minimum atomic E-state index is -0.264. The molecule has 1 rings (SSSR count). The summed E-state index contributed by atoms with van der Waals surface area (Å²) in [6, 6.07) is 3.56. The van der Waals surface area contributed by atoms with Crippen LogP contribution < -0.4 is 5.73 Å². The molecule has 0 saturated heterocycles. The lowest BCUT2D eigenvalue weighted by atomic mass is 10.0. The second kappa shape index (κ2) is 7.04. The molecule has 0 atom stereocenters. The first-order chi connectivity index (χ1) is 8.56. The molecule has 18 heavy (non-hydrogen) atoms. The molecule has 0 unspecified atom stereocenters. The number of carbonyl (C=O) groups excluding carboxylic acids is 1. The Bertz CT molecular complexity index is 413. The smallest absolute Gasteiger partial charge is 0.338 e. The van der Waals surface area contributed by atoms with E-state index in [-0.39, 0.29) is 5.97 Å². The van der Waals surface area contributed by atoms with Crippen molar-refractivity contribution in [2.45, 2.75) is 46.5 Å². The second-order valence-corrected chi connectivity index (χ2v) is 4.71. The zero-order chi connectivity index (χ0) is 13.5. The number of hydrogen-bond acceptors (Lipinski definition) is 3. The second-order valence-electron chi connectivity index (χ2n) is 4.71. The van der Waals surface area contributed by atoms with Crippen LogP contribution in [0.2, 0.25) is 0 Å². The third-order valence-electron chi connectivity index (χ3n) is 3.14. The van der Waals surface area contributed by atoms with Gasteiger partial charge in [-0.1, -0.05) is 26.2 Å². The lowest BCUT2D eigenvalue weighted by Gasteiger charge is -2.10. The van der Waals surface area contributed by atoms with E-state index >= 15 is 0 Å². The standard InChI is InChI=1S/C15H23NO2/c1-4-5-6-7-8-18-15(17)14-10-13(16)9-11(2)12(14)3/h9-10H,4-8,16H2,1-3H3. The molecule has 0 aromatic heterocycles. The number of ether oxygens (including phenoxy) is 1. The van der Waals surface area contributed by atoms with E-state index in [1.165, 1.54) is 12.8 Å². The van der Waals surface area contributed by atoms with Crippen molar-refractivity contribution in [3.63, 3.8) is 0 Å². The molecular weight excluding hydrogens is 226 g/mol. The molecule has 0 spiro atoms. The Morgan fingerprint density at radius 3 is 2.61 bits per heavy atom. The molecule has 100 valence electrons. The van der Waals surface area contributed by atoms with Crippen molar-refractivity contribution in [2.75, 3.05) is 12.3 Å². The van der Waals surface area contributed by atoms with Gasteiger partial charge in [0, 0.05) is 5.69 Å². The van der Waals surface area contributed by atoms with Gasteiger partial charge in [-0.3, -0.25) is 0 Å². The van der Waals surface area contributed by atoms with Gasteiger partial charge in [0.1, 0.15) is 0 Å². The van der Waals surface area contributed by atoms with Gasteiger partial charge in [-0.15, -0.1) is 0 Å². The maximum Gasteiger partial charge on any atom is 0.338 e. The van der Waals surface area contributed by atoms with E-state index in [1.807, 2.05) is 19.9 Å². The molecule has 0 aliphatic heterocycles. The Morgan fingerprint density at radius 1 is 1.22 bits per heavy atom. The fraction of sp³-hybridized carbons (Fsp3) is 0.533. The molecule has 2 N–H and O–H groups in total. The summed E-state index contributed by atoms with van der Waals surface area (Å²) in [4.78, 5) is 11.9. The van der Waals surface area contributed by atoms with Crippen molar-refractivity contribution in [1.82, 2.24) is 0 Å². The van der Waals surface area contributed by atoms with Gasteiger partial charge in [0.2, 0.25) is 0 Å². The van der Waals surface area contributed by atoms with E-state index in [2.05, 4.69) is 6.92 Å². The highest BCUT2D eigenvalue weighted by Crippen LogP contribution is 2.18. The van der Waals surface area contributed by atoms with Crippen LogP contribution in [0.25, 0.3) is 0 Å². The molecular formula is C15H23NO2. The van der Waals surface area contributed by atoms with Crippen molar-refractivity contribution < 1.29 is 9.53 Å². The summed E-state index contributed by atoms with van der Waals surface area (Å²) in [6.45, 7) is 6.52. The van der Waals surface area contributed by atoms with Crippen LogP contribution in [0.3, 0.4) is 0 Å². The Balaban J connectivity index is 2.56. The molecule has 0 saturated carbocycles. The molecule has 0 heterocycles. The van der Waals surface area contributed by atoms with Crippen molar-refractivity contribution >= 4 is 11.7 Å². The Labute approximate surface area is 109 Å². The minimum absolute atomic E-state index is 0.264. The number of esters is 1. The number of benzene rings is 1. The molecule has 3 nitrogen and oxygen atoms in total. The van der Waals surface area contributed by atoms with Crippen molar-refractivity contribution in [2.24, 2.45) is 0 Å². The van der Waals surface area contributed by atoms with Crippen molar-refractivity contribution in [1.29, 1.82) is 0 Å². The average molecular weight is 249 g/mol. The van der Waals surface area contributed by atoms with Gasteiger partial charge in [0.05, 0.1) is 12.2 Å². The van der Waals surface area contributed by atoms with E-state index in [1.54, 1.807) is 6.07 Å². The van der Waals surface area contributed by atoms with Gasteiger partial charge >= 0.3 is 5.97 Å². The SMILES string of the molecule is CCCCCCOC(=O)c1cc(N)cc(C)c1C. The van der Waals surface area contributed by atoms with Gasteiger partial charge in [-0.2, -0.15) is 0 Å². The van der Waals surface area contributed by atoms with Gasteiger partial charge in [0.15, 0.2) is 0 Å². The summed E-state index contributed by atoms with van der Waals surface area (Å²) in [5.74, 6) is -0.264. The minimum Gasteiger partial charge on any atom is -0.462 e. The normalized spacial score (nSPS) is 10.4. The number of anilines is 1. The first-order valence-electron chi connectivity index (χ1n) is 6.60. The van der Waals surface area contributed by atoms with Crippen LogP contribution in [-0.4, -0.2) is 12.6 Å². The summed E-state index contributed by atoms with van der Waals surface area (Å²) in [5, 5.41) is 0. The summed E-state index contributed by atoms with van der Waals surface area (Å²) in [6.07, 6.45) is 4.41. The number of carbonyl (C=O) groups is 1. The highest BCUT2D eigenvalue weighted by molar-refractivity contribution is 5.92. The van der Waals surface area contributed by atoms with Crippen LogP contribution in [0, 0.1) is 13.8 Å². The highest BCUT2D eigenvalue weighted by Gasteiger charge is 2.12. The topological polar surface area (TPSA) is 52.3 Å². The largest absolute Gasteiger partial charge is 0.462 e. The maximum atomic E-state index is 11.9. The van der Waals surface area contributed by atoms with E-state index < -0.39 is 0 Å². The van der Waals surface area contributed by atoms with E-state index in [0.717, 1.165) is 24.0 Å². The van der Waals surface area contributed by atoms with Crippen LogP contribution in [0.15, 0.2) is 12.1 Å². The molecule has 0 radical (unpaired) electrons. The predicted octanol–water partition coefficient (Wildman–Crippen LogP) is 3.62. The monoisotopic (exact) mass is 249 g/mol. The Hall–Kier alpha value is -1.51. The van der Waals surface area contributed by atoms with Crippen LogP contribution in [-0.2, 0) is 4.74 Å². The molecule has 0 bridgehead atoms. The first-order valence-corrected chi connectivity index (χ1v) is 6.60. The van der Waals surface area contributed by atoms with Gasteiger partial charge in [-0.05, 0) is 43.5 Å². The van der Waals surface area contributed by atoms with Crippen molar-refractivity contribution in [3.8, 4) is 0 Å². The van der Waals surface area contributed by atoms with Gasteiger partial charge in [0.25, 0.3) is 0 Å². The lowest BCUT2D eigenvalue weighted by Crippen LogP contribution is -2.09. The fourth-order valence-electron chi connectivity index (χ4n) is 1.87. The quantitative estimate of drug-likeness (QED) is 0.476. The number of nitrogens with two attached hydrogens (primary N) is 1. The van der Waals surface area contributed by atoms with Gasteiger partial charge in [-0.25, -0.2) is 4.79 Å². The molecule has 1 aromatic rings. The van der Waals surface area contributed by atoms with Gasteiger partial charge < -0.3 is 10.5 Å². The predicted molar refractivity (Wildman–Crippen MR) is 74.8 cm³/mol. The summed E-state index contributed by atoms with van der Waals surface area (Å²) >= 11 is 0. The maximum absolute atomic E-state index is 11.9. The van der Waals surface area contributed by atoms with Crippen LogP contribution in [0.4, 0.5) is 5.69 Å². The molecule has 0 aliphatic carbocycles. The first kappa shape index (κ1) is 14.6. The van der Waals surface area contributed by atoms with Crippen molar-refractivity contribution in [3.05, 3.63) is 28.8 Å². The zero-order valence-corrected chi connectivity index (χ0v) is 11.6. The highest BCUT2D eigenvalue weighted by atomic mass is 16.5. The third kappa shape index (κ3) is 4.06. The van der Waals surface area contributed by atoms with Crippen LogP contribution in [0.5, 0.6) is 0 Å². The fourth-order valence-corrected chi connectivity index (χ4v) is 1.87. The molecule has 0 amide bonds. The molecule has 0 aliphatic rings. The number of hydrogen-bond donors (Lipinski definition) is 1. The summed E-state index contributed by atoms with van der Waals surface area (Å²) in [5.41, 5.74) is 8.91.